The fourth-order valence-corrected chi connectivity index (χ4v) is 1.59. The topological polar surface area (TPSA) is 58.6 Å². The van der Waals surface area contributed by atoms with Crippen molar-refractivity contribution in [2.75, 3.05) is 6.54 Å². The van der Waals surface area contributed by atoms with E-state index in [1.165, 1.54) is 6.07 Å². The average molecular weight is 251 g/mol. The summed E-state index contributed by atoms with van der Waals surface area (Å²) in [6.07, 6.45) is 1.44. The van der Waals surface area contributed by atoms with Crippen molar-refractivity contribution in [3.8, 4) is 11.5 Å². The van der Waals surface area contributed by atoms with Crippen molar-refractivity contribution in [1.29, 1.82) is 0 Å². The van der Waals surface area contributed by atoms with E-state index >= 15 is 0 Å². The zero-order valence-electron chi connectivity index (χ0n) is 11.2. The minimum atomic E-state index is -0.567. The SMILES string of the molecule is CCCCNC(=O)C(C)Oc1cc(C)cc(O)c1. The number of carbonyl (C=O) groups excluding carboxylic acids is 1. The lowest BCUT2D eigenvalue weighted by Crippen LogP contribution is -2.36. The number of phenolic OH excluding ortho intramolecular Hbond substituents is 1. The first-order chi connectivity index (χ1) is 8.52. The summed E-state index contributed by atoms with van der Waals surface area (Å²) in [6, 6.07) is 4.93. The number of ether oxygens (including phenoxy) is 1. The van der Waals surface area contributed by atoms with Gasteiger partial charge >= 0.3 is 0 Å². The molecule has 1 atom stereocenters. The molecule has 1 rings (SSSR count). The predicted octanol–water partition coefficient (Wildman–Crippen LogP) is 2.38. The standard InChI is InChI=1S/C14H21NO3/c1-4-5-6-15-14(17)11(3)18-13-8-10(2)7-12(16)9-13/h7-9,11,16H,4-6H2,1-3H3,(H,15,17). The molecule has 100 valence electrons. The first-order valence-corrected chi connectivity index (χ1v) is 6.28. The first kappa shape index (κ1) is 14.4. The number of benzene rings is 1. The summed E-state index contributed by atoms with van der Waals surface area (Å²) in [5.74, 6) is 0.513. The van der Waals surface area contributed by atoms with E-state index in [2.05, 4.69) is 12.2 Å². The number of nitrogens with one attached hydrogen (secondary N) is 1. The molecule has 2 N–H and O–H groups in total. The van der Waals surface area contributed by atoms with E-state index in [-0.39, 0.29) is 11.7 Å². The van der Waals surface area contributed by atoms with Crippen LogP contribution < -0.4 is 10.1 Å². The third-order valence-corrected chi connectivity index (χ3v) is 2.55. The van der Waals surface area contributed by atoms with Gasteiger partial charge in [-0.05, 0) is 38.0 Å². The Morgan fingerprint density at radius 2 is 2.17 bits per heavy atom. The lowest BCUT2D eigenvalue weighted by Gasteiger charge is -2.15. The molecule has 0 spiro atoms. The zero-order valence-corrected chi connectivity index (χ0v) is 11.2. The third kappa shape index (κ3) is 4.65. The van der Waals surface area contributed by atoms with Crippen molar-refractivity contribution in [2.24, 2.45) is 0 Å². The summed E-state index contributed by atoms with van der Waals surface area (Å²) < 4.78 is 5.50. The van der Waals surface area contributed by atoms with Crippen LogP contribution in [0.3, 0.4) is 0 Å². The fraction of sp³-hybridized carbons (Fsp3) is 0.500. The van der Waals surface area contributed by atoms with Crippen LogP contribution in [0.5, 0.6) is 11.5 Å². The minimum Gasteiger partial charge on any atom is -0.508 e. The van der Waals surface area contributed by atoms with Gasteiger partial charge in [0.1, 0.15) is 11.5 Å². The van der Waals surface area contributed by atoms with E-state index in [0.717, 1.165) is 18.4 Å². The molecule has 1 unspecified atom stereocenters. The molecule has 4 nitrogen and oxygen atoms in total. The van der Waals surface area contributed by atoms with Crippen molar-refractivity contribution < 1.29 is 14.6 Å². The third-order valence-electron chi connectivity index (χ3n) is 2.55. The van der Waals surface area contributed by atoms with Gasteiger partial charge in [0.2, 0.25) is 0 Å². The summed E-state index contributed by atoms with van der Waals surface area (Å²) >= 11 is 0. The van der Waals surface area contributed by atoms with E-state index < -0.39 is 6.10 Å². The maximum absolute atomic E-state index is 11.7. The second-order valence-corrected chi connectivity index (χ2v) is 4.41. The van der Waals surface area contributed by atoms with Gasteiger partial charge in [0.15, 0.2) is 6.10 Å². The predicted molar refractivity (Wildman–Crippen MR) is 70.9 cm³/mol. The van der Waals surface area contributed by atoms with E-state index in [1.807, 2.05) is 6.92 Å². The first-order valence-electron chi connectivity index (χ1n) is 6.28. The Balaban J connectivity index is 2.52. The molecule has 0 fully saturated rings. The number of amides is 1. The lowest BCUT2D eigenvalue weighted by atomic mass is 10.2. The maximum atomic E-state index is 11.7. The quantitative estimate of drug-likeness (QED) is 0.763. The second kappa shape index (κ2) is 6.89. The van der Waals surface area contributed by atoms with Gasteiger partial charge in [-0.15, -0.1) is 0 Å². The Morgan fingerprint density at radius 3 is 2.78 bits per heavy atom. The molecular weight excluding hydrogens is 230 g/mol. The zero-order chi connectivity index (χ0) is 13.5. The Kier molecular flexibility index (Phi) is 5.49. The van der Waals surface area contributed by atoms with Crippen LogP contribution in [0.1, 0.15) is 32.3 Å². The molecule has 0 heterocycles. The fourth-order valence-electron chi connectivity index (χ4n) is 1.59. The van der Waals surface area contributed by atoms with Gasteiger partial charge in [-0.3, -0.25) is 4.79 Å². The number of hydrogen-bond acceptors (Lipinski definition) is 3. The number of phenols is 1. The van der Waals surface area contributed by atoms with Crippen LogP contribution in [0, 0.1) is 6.92 Å². The van der Waals surface area contributed by atoms with E-state index in [1.54, 1.807) is 19.1 Å². The van der Waals surface area contributed by atoms with Gasteiger partial charge in [-0.1, -0.05) is 13.3 Å². The maximum Gasteiger partial charge on any atom is 0.260 e. The van der Waals surface area contributed by atoms with Gasteiger partial charge in [0.05, 0.1) is 0 Å². The molecule has 0 saturated carbocycles. The Bertz CT molecular complexity index is 384. The smallest absolute Gasteiger partial charge is 0.260 e. The Morgan fingerprint density at radius 1 is 1.44 bits per heavy atom. The summed E-state index contributed by atoms with van der Waals surface area (Å²) in [5.41, 5.74) is 0.892. The minimum absolute atomic E-state index is 0.135. The number of rotatable bonds is 6. The van der Waals surface area contributed by atoms with Gasteiger partial charge in [0, 0.05) is 12.6 Å². The van der Waals surface area contributed by atoms with E-state index in [4.69, 9.17) is 4.74 Å². The molecule has 0 saturated heterocycles. The highest BCUT2D eigenvalue weighted by Crippen LogP contribution is 2.22. The van der Waals surface area contributed by atoms with Gasteiger partial charge in [-0.2, -0.15) is 0 Å². The van der Waals surface area contributed by atoms with Crippen molar-refractivity contribution in [2.45, 2.75) is 39.7 Å². The number of aryl methyl sites for hydroxylation is 1. The lowest BCUT2D eigenvalue weighted by molar-refractivity contribution is -0.127. The molecule has 0 aromatic heterocycles. The summed E-state index contributed by atoms with van der Waals surface area (Å²) in [4.78, 5) is 11.7. The highest BCUT2D eigenvalue weighted by Gasteiger charge is 2.14. The van der Waals surface area contributed by atoms with Gasteiger partial charge in [0.25, 0.3) is 5.91 Å². The molecule has 1 aromatic carbocycles. The van der Waals surface area contributed by atoms with Crippen LogP contribution in [0.25, 0.3) is 0 Å². The number of carbonyl (C=O) groups is 1. The Hall–Kier alpha value is -1.71. The van der Waals surface area contributed by atoms with Crippen LogP contribution in [0.2, 0.25) is 0 Å². The molecular formula is C14H21NO3. The van der Waals surface area contributed by atoms with Crippen molar-refractivity contribution in [1.82, 2.24) is 5.32 Å². The molecule has 4 heteroatoms. The molecule has 0 radical (unpaired) electrons. The van der Waals surface area contributed by atoms with Gasteiger partial charge in [-0.25, -0.2) is 0 Å². The van der Waals surface area contributed by atoms with Crippen LogP contribution in [-0.4, -0.2) is 23.7 Å². The Labute approximate surface area is 108 Å². The molecule has 1 aromatic rings. The number of unbranched alkanes of at least 4 members (excludes halogenated alkanes) is 1. The monoisotopic (exact) mass is 251 g/mol. The van der Waals surface area contributed by atoms with Gasteiger partial charge < -0.3 is 15.2 Å². The molecule has 0 bridgehead atoms. The van der Waals surface area contributed by atoms with Crippen molar-refractivity contribution in [3.05, 3.63) is 23.8 Å². The molecule has 0 aliphatic rings. The average Bonchev–Trinajstić information content (AvgIpc) is 2.27. The van der Waals surface area contributed by atoms with Crippen LogP contribution >= 0.6 is 0 Å². The number of hydrogen-bond donors (Lipinski definition) is 2. The largest absolute Gasteiger partial charge is 0.508 e. The molecule has 1 amide bonds. The van der Waals surface area contributed by atoms with Crippen LogP contribution in [0.15, 0.2) is 18.2 Å². The molecule has 18 heavy (non-hydrogen) atoms. The molecule has 0 aliphatic carbocycles. The normalized spacial score (nSPS) is 11.9. The van der Waals surface area contributed by atoms with E-state index in [9.17, 15) is 9.90 Å². The van der Waals surface area contributed by atoms with Crippen molar-refractivity contribution in [3.63, 3.8) is 0 Å². The van der Waals surface area contributed by atoms with Crippen LogP contribution in [-0.2, 0) is 4.79 Å². The highest BCUT2D eigenvalue weighted by molar-refractivity contribution is 5.80. The van der Waals surface area contributed by atoms with Crippen LogP contribution in [0.4, 0.5) is 0 Å². The highest BCUT2D eigenvalue weighted by atomic mass is 16.5. The summed E-state index contributed by atoms with van der Waals surface area (Å²) in [6.45, 7) is 6.29. The number of aromatic hydroxyl groups is 1. The summed E-state index contributed by atoms with van der Waals surface area (Å²) in [5, 5.41) is 12.2. The molecule has 0 aliphatic heterocycles. The summed E-state index contributed by atoms with van der Waals surface area (Å²) in [7, 11) is 0. The van der Waals surface area contributed by atoms with E-state index in [0.29, 0.717) is 12.3 Å². The second-order valence-electron chi connectivity index (χ2n) is 4.41. The van der Waals surface area contributed by atoms with Crippen molar-refractivity contribution >= 4 is 5.91 Å².